The predicted molar refractivity (Wildman–Crippen MR) is 325 cm³/mol. The topological polar surface area (TPSA) is 78.9 Å². The molecule has 0 amide bonds. The minimum Gasteiger partial charge on any atom is -0.462 e. The highest BCUT2D eigenvalue weighted by atomic mass is 16.6. The van der Waals surface area contributed by atoms with E-state index in [1.807, 2.05) is 0 Å². The van der Waals surface area contributed by atoms with E-state index < -0.39 is 6.10 Å². The molecular weight excluding hydrogens is 925 g/mol. The average Bonchev–Trinajstić information content (AvgIpc) is 3.41. The van der Waals surface area contributed by atoms with Gasteiger partial charge in [0.05, 0.1) is 0 Å². The number of carbonyl (C=O) groups is 3. The second-order valence-corrected chi connectivity index (χ2v) is 22.0. The average molecular weight is 1050 g/mol. The Labute approximate surface area is 466 Å². The zero-order chi connectivity index (χ0) is 54.3. The highest BCUT2D eigenvalue weighted by Crippen LogP contribution is 2.18. The lowest BCUT2D eigenvalue weighted by molar-refractivity contribution is -0.167. The number of hydrogen-bond acceptors (Lipinski definition) is 6. The summed E-state index contributed by atoms with van der Waals surface area (Å²) in [5.74, 6) is -0.928. The normalized spacial score (nSPS) is 12.4. The van der Waals surface area contributed by atoms with Gasteiger partial charge in [-0.3, -0.25) is 14.4 Å². The summed E-state index contributed by atoms with van der Waals surface area (Å²) in [6.07, 6.45) is 81.2. The zero-order valence-corrected chi connectivity index (χ0v) is 50.1. The Balaban J connectivity index is 4.15. The Hall–Kier alpha value is -2.89. The van der Waals surface area contributed by atoms with Gasteiger partial charge in [0.2, 0.25) is 0 Å². The van der Waals surface area contributed by atoms with Gasteiger partial charge in [0, 0.05) is 19.3 Å². The van der Waals surface area contributed by atoms with Crippen LogP contribution in [-0.2, 0) is 28.6 Å². The Morgan fingerprint density at radius 3 is 0.880 bits per heavy atom. The smallest absolute Gasteiger partial charge is 0.306 e. The van der Waals surface area contributed by atoms with E-state index in [4.69, 9.17) is 14.2 Å². The highest BCUT2D eigenvalue weighted by Gasteiger charge is 2.19. The van der Waals surface area contributed by atoms with Gasteiger partial charge in [0.15, 0.2) is 6.10 Å². The lowest BCUT2D eigenvalue weighted by Gasteiger charge is -2.18. The molecule has 6 nitrogen and oxygen atoms in total. The molecule has 0 aliphatic carbocycles. The summed E-state index contributed by atoms with van der Waals surface area (Å²) in [7, 11) is 0. The fourth-order valence-electron chi connectivity index (χ4n) is 9.61. The third-order valence-corrected chi connectivity index (χ3v) is 14.5. The quantitative estimate of drug-likeness (QED) is 0.0261. The molecule has 0 N–H and O–H groups in total. The van der Waals surface area contributed by atoms with Crippen LogP contribution in [0.1, 0.15) is 342 Å². The molecule has 0 aromatic rings. The molecule has 0 radical (unpaired) electrons. The second-order valence-electron chi connectivity index (χ2n) is 22.0. The van der Waals surface area contributed by atoms with Crippen molar-refractivity contribution >= 4 is 17.9 Å². The van der Waals surface area contributed by atoms with Crippen LogP contribution in [0.15, 0.2) is 60.8 Å². The van der Waals surface area contributed by atoms with Crippen LogP contribution in [0.3, 0.4) is 0 Å². The van der Waals surface area contributed by atoms with Crippen LogP contribution in [0.25, 0.3) is 0 Å². The number of esters is 3. The summed E-state index contributed by atoms with van der Waals surface area (Å²) in [5.41, 5.74) is 0. The number of unbranched alkanes of at least 4 members (excludes halogenated alkanes) is 39. The van der Waals surface area contributed by atoms with Gasteiger partial charge in [-0.15, -0.1) is 0 Å². The molecule has 436 valence electrons. The largest absolute Gasteiger partial charge is 0.462 e. The number of carbonyl (C=O) groups excluding carboxylic acids is 3. The maximum Gasteiger partial charge on any atom is 0.306 e. The highest BCUT2D eigenvalue weighted by molar-refractivity contribution is 5.71. The molecule has 75 heavy (non-hydrogen) atoms. The van der Waals surface area contributed by atoms with Crippen molar-refractivity contribution in [2.75, 3.05) is 13.2 Å². The molecule has 0 fully saturated rings. The van der Waals surface area contributed by atoms with Crippen molar-refractivity contribution in [3.8, 4) is 0 Å². The third-order valence-electron chi connectivity index (χ3n) is 14.5. The Bertz CT molecular complexity index is 1340. The molecule has 6 heteroatoms. The first-order chi connectivity index (χ1) is 37.0. The molecule has 0 aliphatic heterocycles. The summed E-state index contributed by atoms with van der Waals surface area (Å²) in [5, 5.41) is 0. The first-order valence-electron chi connectivity index (χ1n) is 32.8. The van der Waals surface area contributed by atoms with Crippen molar-refractivity contribution in [3.63, 3.8) is 0 Å². The summed E-state index contributed by atoms with van der Waals surface area (Å²) >= 11 is 0. The van der Waals surface area contributed by atoms with Crippen LogP contribution >= 0.6 is 0 Å². The summed E-state index contributed by atoms with van der Waals surface area (Å²) in [4.78, 5) is 38.2. The molecule has 0 heterocycles. The maximum atomic E-state index is 12.8. The van der Waals surface area contributed by atoms with Gasteiger partial charge in [-0.1, -0.05) is 300 Å². The van der Waals surface area contributed by atoms with E-state index in [1.165, 1.54) is 212 Å². The minimum atomic E-state index is -0.798. The number of hydrogen-bond donors (Lipinski definition) is 0. The monoisotopic (exact) mass is 1050 g/mol. The van der Waals surface area contributed by atoms with E-state index >= 15 is 0 Å². The van der Waals surface area contributed by atoms with Crippen LogP contribution in [-0.4, -0.2) is 37.2 Å². The number of allylic oxidation sites excluding steroid dienone is 10. The fourth-order valence-corrected chi connectivity index (χ4v) is 9.61. The van der Waals surface area contributed by atoms with E-state index in [-0.39, 0.29) is 37.5 Å². The minimum absolute atomic E-state index is 0.0908. The van der Waals surface area contributed by atoms with E-state index in [9.17, 15) is 14.4 Å². The summed E-state index contributed by atoms with van der Waals surface area (Å²) in [6, 6.07) is 0. The molecule has 0 saturated heterocycles. The van der Waals surface area contributed by atoms with Crippen LogP contribution in [0.5, 0.6) is 0 Å². The Morgan fingerprint density at radius 2 is 0.520 bits per heavy atom. The van der Waals surface area contributed by atoms with Gasteiger partial charge >= 0.3 is 17.9 Å². The molecule has 1 atom stereocenters. The van der Waals surface area contributed by atoms with E-state index in [0.717, 1.165) is 83.5 Å². The molecule has 0 saturated carbocycles. The Morgan fingerprint density at radius 1 is 0.280 bits per heavy atom. The first kappa shape index (κ1) is 72.1. The van der Waals surface area contributed by atoms with Crippen molar-refractivity contribution in [2.24, 2.45) is 0 Å². The lowest BCUT2D eigenvalue weighted by Crippen LogP contribution is -2.30. The molecule has 0 aromatic carbocycles. The molecule has 0 aromatic heterocycles. The molecular formula is C69H124O6. The first-order valence-corrected chi connectivity index (χ1v) is 32.8. The van der Waals surface area contributed by atoms with Crippen molar-refractivity contribution in [1.82, 2.24) is 0 Å². The third kappa shape index (κ3) is 61.8. The van der Waals surface area contributed by atoms with Crippen molar-refractivity contribution < 1.29 is 28.6 Å². The maximum absolute atomic E-state index is 12.8. The Kier molecular flexibility index (Phi) is 61.2. The lowest BCUT2D eigenvalue weighted by atomic mass is 10.0. The van der Waals surface area contributed by atoms with Gasteiger partial charge in [-0.05, 0) is 83.5 Å². The van der Waals surface area contributed by atoms with Crippen LogP contribution in [0.2, 0.25) is 0 Å². The molecule has 0 spiro atoms. The zero-order valence-electron chi connectivity index (χ0n) is 50.1. The predicted octanol–water partition coefficient (Wildman–Crippen LogP) is 22.3. The van der Waals surface area contributed by atoms with E-state index in [0.29, 0.717) is 19.3 Å². The molecule has 0 aliphatic rings. The van der Waals surface area contributed by atoms with Crippen LogP contribution in [0.4, 0.5) is 0 Å². The molecule has 1 unspecified atom stereocenters. The number of rotatable bonds is 60. The van der Waals surface area contributed by atoms with Gasteiger partial charge in [0.1, 0.15) is 13.2 Å². The number of ether oxygens (including phenoxy) is 3. The fraction of sp³-hybridized carbons (Fsp3) is 0.812. The van der Waals surface area contributed by atoms with Gasteiger partial charge < -0.3 is 14.2 Å². The standard InChI is InChI=1S/C69H124O6/c1-4-7-10-13-16-19-22-25-27-28-29-30-31-32-33-34-35-36-37-38-39-40-41-43-44-47-50-53-56-59-62-68(71)74-65-66(64-73-67(70)61-58-55-52-49-46-24-21-18-15-12-9-6-3)75-69(72)63-60-57-54-51-48-45-42-26-23-20-17-14-11-8-5-2/h8,11,17-18,20-21,26,42,48,51,66H,4-7,9-10,12-16,19,22-25,27-41,43-47,49-50,52-65H2,1-3H3/b11-8-,20-17-,21-18-,42-26-,51-48-. The van der Waals surface area contributed by atoms with Crippen LogP contribution < -0.4 is 0 Å². The SMILES string of the molecule is CC/C=C\C/C=C\C/C=C\C/C=C\CCCCC(=O)OC(COC(=O)CCCCCCC/C=C\CCCCC)COC(=O)CCCCCCCCCCCCCCCCCCCCCCCCCCCCCCCC. The van der Waals surface area contributed by atoms with Crippen molar-refractivity contribution in [1.29, 1.82) is 0 Å². The van der Waals surface area contributed by atoms with Crippen LogP contribution in [0, 0.1) is 0 Å². The van der Waals surface area contributed by atoms with Crippen molar-refractivity contribution in [3.05, 3.63) is 60.8 Å². The summed E-state index contributed by atoms with van der Waals surface area (Å²) in [6.45, 7) is 6.50. The second kappa shape index (κ2) is 63.6. The van der Waals surface area contributed by atoms with E-state index in [2.05, 4.69) is 81.5 Å². The van der Waals surface area contributed by atoms with E-state index in [1.54, 1.807) is 0 Å². The van der Waals surface area contributed by atoms with Gasteiger partial charge in [-0.25, -0.2) is 0 Å². The molecule has 0 rings (SSSR count). The summed E-state index contributed by atoms with van der Waals surface area (Å²) < 4.78 is 16.9. The van der Waals surface area contributed by atoms with Gasteiger partial charge in [-0.2, -0.15) is 0 Å². The van der Waals surface area contributed by atoms with Gasteiger partial charge in [0.25, 0.3) is 0 Å². The van der Waals surface area contributed by atoms with Crippen molar-refractivity contribution in [2.45, 2.75) is 348 Å². The molecule has 0 bridgehead atoms.